The van der Waals surface area contributed by atoms with Crippen molar-refractivity contribution in [1.29, 1.82) is 0 Å². The van der Waals surface area contributed by atoms with Crippen LogP contribution in [-0.4, -0.2) is 67.4 Å². The van der Waals surface area contributed by atoms with E-state index < -0.39 is 36.0 Å². The molecular weight excluding hydrogens is 647 g/mol. The van der Waals surface area contributed by atoms with Crippen molar-refractivity contribution in [2.24, 2.45) is 5.16 Å². The van der Waals surface area contributed by atoms with Gasteiger partial charge < -0.3 is 19.4 Å². The van der Waals surface area contributed by atoms with Crippen LogP contribution in [0.1, 0.15) is 66.7 Å². The third kappa shape index (κ3) is 9.73. The fourth-order valence-electron chi connectivity index (χ4n) is 5.92. The third-order valence-corrected chi connectivity index (χ3v) is 8.95. The van der Waals surface area contributed by atoms with Gasteiger partial charge in [0.15, 0.2) is 0 Å². The zero-order valence-corrected chi connectivity index (χ0v) is 26.2. The number of amides is 1. The van der Waals surface area contributed by atoms with Crippen LogP contribution < -0.4 is 0 Å². The fraction of sp³-hybridized carbons (Fsp3) is 0.548. The predicted octanol–water partition coefficient (Wildman–Crippen LogP) is 8.20. The molecule has 2 aromatic rings. The van der Waals surface area contributed by atoms with Crippen LogP contribution in [0.4, 0.5) is 26.3 Å². The van der Waals surface area contributed by atoms with Gasteiger partial charge in [-0.3, -0.25) is 4.79 Å². The normalized spacial score (nSPS) is 18.4. The molecule has 0 N–H and O–H groups in total. The number of hydrogen-bond donors (Lipinski definition) is 0. The Labute approximate surface area is 268 Å². The number of likely N-dealkylation sites (tertiary alicyclic amines) is 2. The lowest BCUT2D eigenvalue weighted by molar-refractivity contribution is -0.143. The van der Waals surface area contributed by atoms with Crippen molar-refractivity contribution in [2.75, 3.05) is 39.9 Å². The summed E-state index contributed by atoms with van der Waals surface area (Å²) in [5, 5.41) is 4.80. The topological polar surface area (TPSA) is 54.4 Å². The number of halogens is 8. The first-order valence-corrected chi connectivity index (χ1v) is 15.4. The molecule has 6 nitrogen and oxygen atoms in total. The molecule has 14 heteroatoms. The molecule has 1 atom stereocenters. The molecule has 4 rings (SSSR count). The minimum Gasteiger partial charge on any atom is -0.399 e. The number of carbonyl (C=O) groups excluding carboxylic acids is 1. The zero-order chi connectivity index (χ0) is 32.8. The number of rotatable bonds is 11. The van der Waals surface area contributed by atoms with Gasteiger partial charge in [-0.05, 0) is 80.1 Å². The molecule has 0 spiro atoms. The number of nitrogens with zero attached hydrogens (tertiary/aromatic N) is 3. The molecule has 2 saturated heterocycles. The molecular formula is C31H35Cl2F6N3O3. The Hall–Kier alpha value is -2.54. The summed E-state index contributed by atoms with van der Waals surface area (Å²) in [6.07, 6.45) is -5.09. The van der Waals surface area contributed by atoms with Gasteiger partial charge in [-0.2, -0.15) is 26.3 Å². The Bertz CT molecular complexity index is 1310. The van der Waals surface area contributed by atoms with Crippen molar-refractivity contribution in [3.8, 4) is 0 Å². The van der Waals surface area contributed by atoms with E-state index in [2.05, 4.69) is 10.1 Å². The summed E-state index contributed by atoms with van der Waals surface area (Å²) in [4.78, 5) is 21.8. The van der Waals surface area contributed by atoms with Gasteiger partial charge >= 0.3 is 12.4 Å². The first-order chi connectivity index (χ1) is 21.3. The highest BCUT2D eigenvalue weighted by atomic mass is 35.5. The summed E-state index contributed by atoms with van der Waals surface area (Å²) in [6, 6.07) is 6.69. The Morgan fingerprint density at radius 1 is 0.956 bits per heavy atom. The first-order valence-electron chi connectivity index (χ1n) is 14.7. The SMILES string of the molecule is CO/N=C(\COCc1cc(C(F)(F)F)cc(C(F)(F)F)c1)C(CCN1CCC(N2CCCCC2=O)CC1)c1ccc(Cl)c(Cl)c1. The van der Waals surface area contributed by atoms with Gasteiger partial charge in [0.05, 0.1) is 40.1 Å². The molecule has 1 amide bonds. The molecule has 0 bridgehead atoms. The van der Waals surface area contributed by atoms with E-state index in [0.717, 1.165) is 50.9 Å². The van der Waals surface area contributed by atoms with Gasteiger partial charge in [0.1, 0.15) is 7.11 Å². The standard InChI is InChI=1S/C31H35Cl2F6N3O3/c1-44-40-28(19-45-18-20-14-22(30(34,35)36)17-23(15-20)31(37,38)39)25(21-5-6-26(32)27(33)16-21)9-13-41-11-7-24(8-12-41)42-10-3-2-4-29(42)43/h5-6,14-17,24-25H,2-4,7-13,18-19H2,1H3/b40-28+. The lowest BCUT2D eigenvalue weighted by atomic mass is 9.90. The van der Waals surface area contributed by atoms with Gasteiger partial charge in [-0.15, -0.1) is 0 Å². The van der Waals surface area contributed by atoms with Crippen molar-refractivity contribution >= 4 is 34.8 Å². The number of hydrogen-bond acceptors (Lipinski definition) is 5. The zero-order valence-electron chi connectivity index (χ0n) is 24.7. The summed E-state index contributed by atoms with van der Waals surface area (Å²) in [7, 11) is 1.33. The summed E-state index contributed by atoms with van der Waals surface area (Å²) in [5.41, 5.74) is -1.98. The van der Waals surface area contributed by atoms with E-state index in [1.165, 1.54) is 7.11 Å². The molecule has 2 aromatic carbocycles. The van der Waals surface area contributed by atoms with Crippen LogP contribution in [0, 0.1) is 0 Å². The number of alkyl halides is 6. The highest BCUT2D eigenvalue weighted by Gasteiger charge is 2.37. The van der Waals surface area contributed by atoms with E-state index in [1.807, 2.05) is 4.90 Å². The van der Waals surface area contributed by atoms with Crippen LogP contribution >= 0.6 is 23.2 Å². The molecule has 0 aliphatic carbocycles. The highest BCUT2D eigenvalue weighted by molar-refractivity contribution is 6.42. The van der Waals surface area contributed by atoms with Crippen molar-refractivity contribution in [1.82, 2.24) is 9.80 Å². The van der Waals surface area contributed by atoms with E-state index in [9.17, 15) is 31.1 Å². The fourth-order valence-corrected chi connectivity index (χ4v) is 6.22. The summed E-state index contributed by atoms with van der Waals surface area (Å²) >= 11 is 12.5. The average Bonchev–Trinajstić information content (AvgIpc) is 2.98. The Morgan fingerprint density at radius 3 is 2.20 bits per heavy atom. The minimum atomic E-state index is -4.96. The molecule has 45 heavy (non-hydrogen) atoms. The highest BCUT2D eigenvalue weighted by Crippen LogP contribution is 2.37. The smallest absolute Gasteiger partial charge is 0.399 e. The second-order valence-electron chi connectivity index (χ2n) is 11.3. The molecule has 0 radical (unpaired) electrons. The van der Waals surface area contributed by atoms with Crippen LogP contribution in [0.5, 0.6) is 0 Å². The Morgan fingerprint density at radius 2 is 1.62 bits per heavy atom. The monoisotopic (exact) mass is 681 g/mol. The molecule has 2 heterocycles. The lowest BCUT2D eigenvalue weighted by Crippen LogP contribution is -2.49. The van der Waals surface area contributed by atoms with Crippen LogP contribution in [0.3, 0.4) is 0 Å². The maximum absolute atomic E-state index is 13.3. The first kappa shape index (κ1) is 35.3. The van der Waals surface area contributed by atoms with E-state index in [1.54, 1.807) is 18.2 Å². The number of carbonyl (C=O) groups is 1. The number of benzene rings is 2. The van der Waals surface area contributed by atoms with E-state index in [-0.39, 0.29) is 30.2 Å². The molecule has 2 aliphatic rings. The third-order valence-electron chi connectivity index (χ3n) is 8.21. The predicted molar refractivity (Wildman–Crippen MR) is 159 cm³/mol. The quantitative estimate of drug-likeness (QED) is 0.136. The second kappa shape index (κ2) is 15.4. The van der Waals surface area contributed by atoms with E-state index in [4.69, 9.17) is 32.8 Å². The van der Waals surface area contributed by atoms with Crippen LogP contribution in [0.15, 0.2) is 41.6 Å². The molecule has 1 unspecified atom stereocenters. The van der Waals surface area contributed by atoms with Crippen molar-refractivity contribution < 1.29 is 40.7 Å². The van der Waals surface area contributed by atoms with Gasteiger partial charge in [0, 0.05) is 38.0 Å². The van der Waals surface area contributed by atoms with Crippen molar-refractivity contribution in [3.63, 3.8) is 0 Å². The van der Waals surface area contributed by atoms with Crippen LogP contribution in [-0.2, 0) is 33.3 Å². The van der Waals surface area contributed by atoms with Gasteiger partial charge in [-0.25, -0.2) is 0 Å². The largest absolute Gasteiger partial charge is 0.416 e. The van der Waals surface area contributed by atoms with Crippen LogP contribution in [0.2, 0.25) is 10.0 Å². The van der Waals surface area contributed by atoms with E-state index in [0.29, 0.717) is 47.3 Å². The molecule has 2 aliphatic heterocycles. The summed E-state index contributed by atoms with van der Waals surface area (Å²) in [6.45, 7) is 2.30. The molecule has 0 saturated carbocycles. The summed E-state index contributed by atoms with van der Waals surface area (Å²) in [5.74, 6) is -0.187. The number of ether oxygens (including phenoxy) is 1. The van der Waals surface area contributed by atoms with E-state index >= 15 is 0 Å². The Kier molecular flexibility index (Phi) is 12.1. The maximum Gasteiger partial charge on any atom is 0.416 e. The van der Waals surface area contributed by atoms with Crippen LogP contribution in [0.25, 0.3) is 0 Å². The molecule has 2 fully saturated rings. The minimum absolute atomic E-state index is 0.0782. The van der Waals surface area contributed by atoms with Crippen molar-refractivity contribution in [3.05, 3.63) is 68.7 Å². The number of piperidine rings is 2. The second-order valence-corrected chi connectivity index (χ2v) is 12.1. The van der Waals surface area contributed by atoms with Gasteiger partial charge in [0.25, 0.3) is 0 Å². The van der Waals surface area contributed by atoms with Crippen molar-refractivity contribution in [2.45, 2.75) is 69.4 Å². The van der Waals surface area contributed by atoms with Gasteiger partial charge in [0.2, 0.25) is 5.91 Å². The molecule has 0 aromatic heterocycles. The maximum atomic E-state index is 13.3. The molecule has 248 valence electrons. The number of oxime groups is 1. The average molecular weight is 683 g/mol. The summed E-state index contributed by atoms with van der Waals surface area (Å²) < 4.78 is 85.6. The Balaban J connectivity index is 1.47. The van der Waals surface area contributed by atoms with Gasteiger partial charge in [-0.1, -0.05) is 34.4 Å². The lowest BCUT2D eigenvalue weighted by Gasteiger charge is -2.40.